The van der Waals surface area contributed by atoms with Gasteiger partial charge in [-0.25, -0.2) is 0 Å². The molecule has 2 rings (SSSR count). The molecule has 0 saturated carbocycles. The Bertz CT molecular complexity index is 483. The molecule has 0 aliphatic carbocycles. The molecule has 0 bridgehead atoms. The summed E-state index contributed by atoms with van der Waals surface area (Å²) in [4.78, 5) is 0. The molecular formula is C14H22N4. The van der Waals surface area contributed by atoms with E-state index in [2.05, 4.69) is 46.6 Å². The molecule has 98 valence electrons. The fourth-order valence-corrected chi connectivity index (χ4v) is 2.29. The van der Waals surface area contributed by atoms with E-state index in [1.807, 2.05) is 25.0 Å². The molecule has 1 atom stereocenters. The molecule has 0 aliphatic heterocycles. The van der Waals surface area contributed by atoms with E-state index in [9.17, 15) is 0 Å². The molecule has 0 spiro atoms. The molecule has 4 nitrogen and oxygen atoms in total. The average molecular weight is 246 g/mol. The Morgan fingerprint density at radius 1 is 1.39 bits per heavy atom. The third-order valence-corrected chi connectivity index (χ3v) is 3.23. The molecule has 0 fully saturated rings. The maximum absolute atomic E-state index is 4.19. The van der Waals surface area contributed by atoms with Crippen molar-refractivity contribution in [3.63, 3.8) is 0 Å². The zero-order valence-electron chi connectivity index (χ0n) is 11.4. The van der Waals surface area contributed by atoms with E-state index in [-0.39, 0.29) is 0 Å². The first-order chi connectivity index (χ1) is 8.72. The summed E-state index contributed by atoms with van der Waals surface area (Å²) in [6.07, 6.45) is 10.7. The molecule has 1 N–H and O–H groups in total. The number of aromatic nitrogens is 3. The van der Waals surface area contributed by atoms with Crippen molar-refractivity contribution in [2.24, 2.45) is 7.05 Å². The third kappa shape index (κ3) is 3.01. The van der Waals surface area contributed by atoms with Crippen LogP contribution in [0.5, 0.6) is 0 Å². The lowest BCUT2D eigenvalue weighted by Crippen LogP contribution is -2.15. The predicted molar refractivity (Wildman–Crippen MR) is 73.5 cm³/mol. The topological polar surface area (TPSA) is 34.8 Å². The van der Waals surface area contributed by atoms with Crippen LogP contribution in [-0.2, 0) is 13.6 Å². The smallest absolute Gasteiger partial charge is 0.0539 e. The van der Waals surface area contributed by atoms with Crippen LogP contribution in [0, 0.1) is 0 Å². The molecule has 2 heterocycles. The first kappa shape index (κ1) is 12.9. The molecular weight excluding hydrogens is 224 g/mol. The van der Waals surface area contributed by atoms with Gasteiger partial charge < -0.3 is 9.88 Å². The number of hydrogen-bond acceptors (Lipinski definition) is 2. The molecule has 0 aromatic carbocycles. The number of aryl methyl sites for hydroxylation is 1. The first-order valence-electron chi connectivity index (χ1n) is 6.53. The highest BCUT2D eigenvalue weighted by Crippen LogP contribution is 2.18. The second-order valence-electron chi connectivity index (χ2n) is 4.77. The molecule has 0 saturated heterocycles. The Hall–Kier alpha value is -1.55. The van der Waals surface area contributed by atoms with Crippen LogP contribution in [0.25, 0.3) is 0 Å². The molecule has 0 aliphatic rings. The Labute approximate surface area is 109 Å². The standard InChI is InChI=1S/C14H22N4/c1-4-5-14(15-2)13-6-7-18(11-13)10-12-8-16-17(3)9-12/h6-9,11,14-15H,4-5,10H2,1-3H3. The Kier molecular flexibility index (Phi) is 4.20. The summed E-state index contributed by atoms with van der Waals surface area (Å²) in [5.41, 5.74) is 2.60. The zero-order chi connectivity index (χ0) is 13.0. The van der Waals surface area contributed by atoms with Crippen LogP contribution in [0.15, 0.2) is 30.9 Å². The molecule has 0 amide bonds. The largest absolute Gasteiger partial charge is 0.349 e. The maximum Gasteiger partial charge on any atom is 0.0539 e. The Morgan fingerprint density at radius 2 is 2.22 bits per heavy atom. The van der Waals surface area contributed by atoms with Gasteiger partial charge in [-0.1, -0.05) is 13.3 Å². The van der Waals surface area contributed by atoms with Crippen LogP contribution in [0.2, 0.25) is 0 Å². The van der Waals surface area contributed by atoms with Gasteiger partial charge in [-0.2, -0.15) is 5.10 Å². The van der Waals surface area contributed by atoms with Gasteiger partial charge in [0.15, 0.2) is 0 Å². The summed E-state index contributed by atoms with van der Waals surface area (Å²) < 4.78 is 4.06. The van der Waals surface area contributed by atoms with E-state index in [0.717, 1.165) is 6.54 Å². The normalized spacial score (nSPS) is 12.8. The van der Waals surface area contributed by atoms with E-state index in [4.69, 9.17) is 0 Å². The number of nitrogens with one attached hydrogen (secondary N) is 1. The van der Waals surface area contributed by atoms with Crippen molar-refractivity contribution >= 4 is 0 Å². The van der Waals surface area contributed by atoms with Crippen LogP contribution in [0.1, 0.15) is 36.9 Å². The van der Waals surface area contributed by atoms with E-state index in [0.29, 0.717) is 6.04 Å². The van der Waals surface area contributed by atoms with Crippen LogP contribution in [0.4, 0.5) is 0 Å². The molecule has 1 unspecified atom stereocenters. The SMILES string of the molecule is CCCC(NC)c1ccn(Cc2cnn(C)c2)c1. The lowest BCUT2D eigenvalue weighted by atomic mass is 10.1. The van der Waals surface area contributed by atoms with Gasteiger partial charge in [-0.05, 0) is 25.1 Å². The second-order valence-corrected chi connectivity index (χ2v) is 4.77. The molecule has 18 heavy (non-hydrogen) atoms. The molecule has 4 heteroatoms. The lowest BCUT2D eigenvalue weighted by molar-refractivity contribution is 0.540. The third-order valence-electron chi connectivity index (χ3n) is 3.23. The summed E-state index contributed by atoms with van der Waals surface area (Å²) in [6.45, 7) is 3.10. The number of rotatable bonds is 6. The zero-order valence-corrected chi connectivity index (χ0v) is 11.4. The van der Waals surface area contributed by atoms with Crippen molar-refractivity contribution in [1.82, 2.24) is 19.7 Å². The van der Waals surface area contributed by atoms with E-state index >= 15 is 0 Å². The van der Waals surface area contributed by atoms with Crippen molar-refractivity contribution in [2.45, 2.75) is 32.4 Å². The number of hydrogen-bond donors (Lipinski definition) is 1. The van der Waals surface area contributed by atoms with Gasteiger partial charge in [0.2, 0.25) is 0 Å². The van der Waals surface area contributed by atoms with Gasteiger partial charge in [-0.15, -0.1) is 0 Å². The van der Waals surface area contributed by atoms with Crippen molar-refractivity contribution in [3.05, 3.63) is 42.0 Å². The molecule has 2 aromatic heterocycles. The summed E-state index contributed by atoms with van der Waals surface area (Å²) in [5.74, 6) is 0. The summed E-state index contributed by atoms with van der Waals surface area (Å²) >= 11 is 0. The van der Waals surface area contributed by atoms with E-state index < -0.39 is 0 Å². The minimum absolute atomic E-state index is 0.463. The van der Waals surface area contributed by atoms with Crippen molar-refractivity contribution < 1.29 is 0 Å². The van der Waals surface area contributed by atoms with Gasteiger partial charge in [0, 0.05) is 37.2 Å². The average Bonchev–Trinajstić information content (AvgIpc) is 2.96. The summed E-state index contributed by atoms with van der Waals surface area (Å²) in [7, 11) is 3.97. The number of nitrogens with zero attached hydrogens (tertiary/aromatic N) is 3. The molecule has 2 aromatic rings. The fraction of sp³-hybridized carbons (Fsp3) is 0.500. The molecule has 0 radical (unpaired) electrons. The lowest BCUT2D eigenvalue weighted by Gasteiger charge is -2.13. The van der Waals surface area contributed by atoms with Crippen LogP contribution in [-0.4, -0.2) is 21.4 Å². The first-order valence-corrected chi connectivity index (χ1v) is 6.53. The summed E-state index contributed by atoms with van der Waals surface area (Å²) in [6, 6.07) is 2.66. The van der Waals surface area contributed by atoms with Crippen molar-refractivity contribution in [1.29, 1.82) is 0 Å². The van der Waals surface area contributed by atoms with Gasteiger partial charge in [0.05, 0.1) is 12.7 Å². The highest BCUT2D eigenvalue weighted by molar-refractivity contribution is 5.17. The van der Waals surface area contributed by atoms with Gasteiger partial charge in [0.25, 0.3) is 0 Å². The van der Waals surface area contributed by atoms with Gasteiger partial charge in [0.1, 0.15) is 0 Å². The van der Waals surface area contributed by atoms with Gasteiger partial charge in [-0.3, -0.25) is 4.68 Å². The van der Waals surface area contributed by atoms with E-state index in [1.165, 1.54) is 24.0 Å². The van der Waals surface area contributed by atoms with Crippen LogP contribution < -0.4 is 5.32 Å². The monoisotopic (exact) mass is 246 g/mol. The minimum Gasteiger partial charge on any atom is -0.349 e. The van der Waals surface area contributed by atoms with Crippen LogP contribution in [0.3, 0.4) is 0 Å². The predicted octanol–water partition coefficient (Wildman–Crippen LogP) is 2.33. The second kappa shape index (κ2) is 5.87. The minimum atomic E-state index is 0.463. The van der Waals surface area contributed by atoms with Crippen LogP contribution >= 0.6 is 0 Å². The quantitative estimate of drug-likeness (QED) is 0.849. The Morgan fingerprint density at radius 3 is 2.83 bits per heavy atom. The van der Waals surface area contributed by atoms with Gasteiger partial charge >= 0.3 is 0 Å². The van der Waals surface area contributed by atoms with Crippen molar-refractivity contribution in [2.75, 3.05) is 7.05 Å². The highest BCUT2D eigenvalue weighted by Gasteiger charge is 2.09. The van der Waals surface area contributed by atoms with Crippen molar-refractivity contribution in [3.8, 4) is 0 Å². The fourth-order valence-electron chi connectivity index (χ4n) is 2.29. The summed E-state index contributed by atoms with van der Waals surface area (Å²) in [5, 5.41) is 7.56. The highest BCUT2D eigenvalue weighted by atomic mass is 15.2. The Balaban J connectivity index is 2.05. The van der Waals surface area contributed by atoms with E-state index in [1.54, 1.807) is 0 Å². The maximum atomic E-state index is 4.19.